The Morgan fingerprint density at radius 3 is 2.53 bits per heavy atom. The van der Waals surface area contributed by atoms with Gasteiger partial charge in [0.25, 0.3) is 10.0 Å². The third kappa shape index (κ3) is 2.58. The summed E-state index contributed by atoms with van der Waals surface area (Å²) in [6, 6.07) is 2.88. The van der Waals surface area contributed by atoms with Crippen LogP contribution in [0.5, 0.6) is 0 Å². The van der Waals surface area contributed by atoms with Crippen molar-refractivity contribution in [2.45, 2.75) is 18.1 Å². The Hall–Kier alpha value is -1.18. The van der Waals surface area contributed by atoms with Gasteiger partial charge in [0.2, 0.25) is 5.09 Å². The normalized spacial score (nSPS) is 25.1. The largest absolute Gasteiger partial charge is 0.440 e. The molecule has 7 heteroatoms. The number of hydrogen-bond acceptors (Lipinski definition) is 5. The first-order valence-corrected chi connectivity index (χ1v) is 7.52. The maximum atomic E-state index is 12.4. The molecule has 0 N–H and O–H groups in total. The first kappa shape index (κ1) is 14.2. The molecule has 0 aromatic carbocycles. The number of likely N-dealkylation sites (N-methyl/N-ethyl adjacent to an activating group) is 1. The zero-order chi connectivity index (χ0) is 14.2. The minimum Gasteiger partial charge on any atom is -0.440 e. The van der Waals surface area contributed by atoms with Crippen molar-refractivity contribution in [3.63, 3.8) is 0 Å². The third-order valence-electron chi connectivity index (χ3n) is 3.51. The van der Waals surface area contributed by atoms with Crippen LogP contribution in [-0.4, -0.2) is 57.1 Å². The second kappa shape index (κ2) is 5.07. The highest BCUT2D eigenvalue weighted by Gasteiger charge is 2.39. The van der Waals surface area contributed by atoms with Crippen molar-refractivity contribution in [3.05, 3.63) is 17.9 Å². The van der Waals surface area contributed by atoms with Crippen molar-refractivity contribution < 1.29 is 17.6 Å². The van der Waals surface area contributed by atoms with Gasteiger partial charge in [-0.15, -0.1) is 0 Å². The van der Waals surface area contributed by atoms with E-state index in [0.29, 0.717) is 19.4 Å². The van der Waals surface area contributed by atoms with Gasteiger partial charge in [-0.2, -0.15) is 4.31 Å². The number of furan rings is 1. The first-order chi connectivity index (χ1) is 8.86. The topological polar surface area (TPSA) is 70.8 Å². The van der Waals surface area contributed by atoms with E-state index in [0.717, 1.165) is 0 Å². The molecule has 1 aromatic rings. The molecule has 0 saturated carbocycles. The SMILES string of the molecule is CC1CN(S(=O)(=O)c2ccc(C=O)o2)CC1N(C)C. The summed E-state index contributed by atoms with van der Waals surface area (Å²) in [6.07, 6.45) is 0.494. The second-order valence-corrected chi connectivity index (χ2v) is 6.97. The van der Waals surface area contributed by atoms with Crippen LogP contribution in [0.25, 0.3) is 0 Å². The maximum Gasteiger partial charge on any atom is 0.276 e. The number of aldehydes is 1. The Morgan fingerprint density at radius 1 is 1.37 bits per heavy atom. The minimum absolute atomic E-state index is 0.0231. The molecule has 2 rings (SSSR count). The van der Waals surface area contributed by atoms with Crippen LogP contribution < -0.4 is 0 Å². The summed E-state index contributed by atoms with van der Waals surface area (Å²) in [4.78, 5) is 12.6. The van der Waals surface area contributed by atoms with Gasteiger partial charge in [-0.3, -0.25) is 4.79 Å². The molecule has 1 saturated heterocycles. The molecule has 0 radical (unpaired) electrons. The van der Waals surface area contributed by atoms with Crippen molar-refractivity contribution in [2.24, 2.45) is 5.92 Å². The molecule has 2 atom stereocenters. The summed E-state index contributed by atoms with van der Waals surface area (Å²) >= 11 is 0. The molecular formula is C12H18N2O4S. The van der Waals surface area contributed by atoms with Crippen molar-refractivity contribution in [3.8, 4) is 0 Å². The van der Waals surface area contributed by atoms with Crippen LogP contribution in [-0.2, 0) is 10.0 Å². The average Bonchev–Trinajstić information content (AvgIpc) is 2.95. The minimum atomic E-state index is -3.65. The summed E-state index contributed by atoms with van der Waals surface area (Å²) in [6.45, 7) is 2.93. The van der Waals surface area contributed by atoms with Crippen LogP contribution in [0, 0.1) is 5.92 Å². The monoisotopic (exact) mass is 286 g/mol. The van der Waals surface area contributed by atoms with E-state index in [2.05, 4.69) is 0 Å². The molecule has 0 bridgehead atoms. The molecule has 1 aliphatic rings. The van der Waals surface area contributed by atoms with Crippen LogP contribution in [0.1, 0.15) is 17.5 Å². The van der Waals surface area contributed by atoms with Gasteiger partial charge < -0.3 is 9.32 Å². The van der Waals surface area contributed by atoms with Gasteiger partial charge in [-0.25, -0.2) is 8.42 Å². The molecule has 2 unspecified atom stereocenters. The smallest absolute Gasteiger partial charge is 0.276 e. The van der Waals surface area contributed by atoms with E-state index in [-0.39, 0.29) is 22.8 Å². The summed E-state index contributed by atoms with van der Waals surface area (Å²) in [5.74, 6) is 0.278. The van der Waals surface area contributed by atoms with Crippen molar-refractivity contribution in [2.75, 3.05) is 27.2 Å². The summed E-state index contributed by atoms with van der Waals surface area (Å²) in [7, 11) is 0.232. The molecule has 0 aliphatic carbocycles. The summed E-state index contributed by atoms with van der Waals surface area (Å²) in [5.41, 5.74) is 0. The van der Waals surface area contributed by atoms with Crippen molar-refractivity contribution in [1.82, 2.24) is 9.21 Å². The van der Waals surface area contributed by atoms with Gasteiger partial charge in [0.05, 0.1) is 0 Å². The van der Waals surface area contributed by atoms with E-state index >= 15 is 0 Å². The van der Waals surface area contributed by atoms with Crippen LogP contribution in [0.2, 0.25) is 0 Å². The number of carbonyl (C=O) groups is 1. The Labute approximate surface area is 113 Å². The molecule has 6 nitrogen and oxygen atoms in total. The molecule has 2 heterocycles. The number of nitrogens with zero attached hydrogens (tertiary/aromatic N) is 2. The quantitative estimate of drug-likeness (QED) is 0.761. The summed E-state index contributed by atoms with van der Waals surface area (Å²) in [5, 5.41) is -0.166. The zero-order valence-electron chi connectivity index (χ0n) is 11.2. The lowest BCUT2D eigenvalue weighted by molar-refractivity contribution is 0.109. The van der Waals surface area contributed by atoms with Crippen LogP contribution >= 0.6 is 0 Å². The molecule has 106 valence electrons. The lowest BCUT2D eigenvalue weighted by Crippen LogP contribution is -2.35. The van der Waals surface area contributed by atoms with Crippen molar-refractivity contribution >= 4 is 16.3 Å². The Bertz CT molecular complexity index is 564. The number of rotatable bonds is 4. The molecular weight excluding hydrogens is 268 g/mol. The fourth-order valence-corrected chi connectivity index (χ4v) is 3.91. The number of sulfonamides is 1. The van der Waals surface area contributed by atoms with Gasteiger partial charge in [0.1, 0.15) is 0 Å². The Kier molecular flexibility index (Phi) is 3.80. The van der Waals surface area contributed by atoms with E-state index in [4.69, 9.17) is 4.42 Å². The van der Waals surface area contributed by atoms with Crippen LogP contribution in [0.3, 0.4) is 0 Å². The van der Waals surface area contributed by atoms with Gasteiger partial charge in [-0.05, 0) is 32.1 Å². The van der Waals surface area contributed by atoms with E-state index in [1.807, 2.05) is 25.9 Å². The highest BCUT2D eigenvalue weighted by Crippen LogP contribution is 2.27. The first-order valence-electron chi connectivity index (χ1n) is 6.08. The van der Waals surface area contributed by atoms with E-state index in [9.17, 15) is 13.2 Å². The lowest BCUT2D eigenvalue weighted by Gasteiger charge is -2.22. The lowest BCUT2D eigenvalue weighted by atomic mass is 10.1. The van der Waals surface area contributed by atoms with Crippen LogP contribution in [0.15, 0.2) is 21.6 Å². The highest BCUT2D eigenvalue weighted by atomic mass is 32.2. The average molecular weight is 286 g/mol. The molecule has 0 amide bonds. The number of hydrogen-bond donors (Lipinski definition) is 0. The molecule has 0 spiro atoms. The third-order valence-corrected chi connectivity index (χ3v) is 5.22. The highest BCUT2D eigenvalue weighted by molar-refractivity contribution is 7.89. The molecule has 1 fully saturated rings. The van der Waals surface area contributed by atoms with Gasteiger partial charge in [0, 0.05) is 19.1 Å². The van der Waals surface area contributed by atoms with Gasteiger partial charge >= 0.3 is 0 Å². The predicted molar refractivity (Wildman–Crippen MR) is 69.5 cm³/mol. The van der Waals surface area contributed by atoms with E-state index in [1.165, 1.54) is 16.4 Å². The second-order valence-electron chi connectivity index (χ2n) is 5.10. The molecule has 1 aliphatic heterocycles. The van der Waals surface area contributed by atoms with E-state index in [1.54, 1.807) is 0 Å². The van der Waals surface area contributed by atoms with Crippen molar-refractivity contribution in [1.29, 1.82) is 0 Å². The predicted octanol–water partition coefficient (Wildman–Crippen LogP) is 0.663. The van der Waals surface area contributed by atoms with E-state index < -0.39 is 10.0 Å². The molecule has 19 heavy (non-hydrogen) atoms. The van der Waals surface area contributed by atoms with Gasteiger partial charge in [-0.1, -0.05) is 6.92 Å². The number of carbonyl (C=O) groups excluding carboxylic acids is 1. The fourth-order valence-electron chi connectivity index (χ4n) is 2.44. The maximum absolute atomic E-state index is 12.4. The van der Waals surface area contributed by atoms with Crippen LogP contribution in [0.4, 0.5) is 0 Å². The standard InChI is InChI=1S/C12H18N2O4S/c1-9-6-14(7-11(9)13(2)3)19(16,17)12-5-4-10(8-15)18-12/h4-5,8-9,11H,6-7H2,1-3H3. The Morgan fingerprint density at radius 2 is 2.05 bits per heavy atom. The zero-order valence-corrected chi connectivity index (χ0v) is 12.1. The summed E-state index contributed by atoms with van der Waals surface area (Å²) < 4.78 is 31.2. The Balaban J connectivity index is 2.24. The van der Waals surface area contributed by atoms with Gasteiger partial charge in [0.15, 0.2) is 12.0 Å². The molecule has 1 aromatic heterocycles. The fraction of sp³-hybridized carbons (Fsp3) is 0.583.